The number of hydrogen-bond donors (Lipinski definition) is 3. The zero-order chi connectivity index (χ0) is 28.9. The van der Waals surface area contributed by atoms with Gasteiger partial charge in [0.25, 0.3) is 0 Å². The van der Waals surface area contributed by atoms with E-state index in [9.17, 15) is 22.4 Å². The molecule has 0 spiro atoms. The summed E-state index contributed by atoms with van der Waals surface area (Å²) in [7, 11) is 1.92. The second-order valence-corrected chi connectivity index (χ2v) is 8.15. The third-order valence-corrected chi connectivity index (χ3v) is 5.14. The maximum absolute atomic E-state index is 13.9. The van der Waals surface area contributed by atoms with Crippen LogP contribution in [0.3, 0.4) is 0 Å². The minimum absolute atomic E-state index is 0.126. The van der Waals surface area contributed by atoms with E-state index in [-0.39, 0.29) is 26.2 Å². The molecule has 0 aliphatic heterocycles. The number of esters is 1. The first-order valence-electron chi connectivity index (χ1n) is 12.6. The van der Waals surface area contributed by atoms with Crippen LogP contribution in [0.15, 0.2) is 17.0 Å². The Morgan fingerprint density at radius 3 is 1.90 bits per heavy atom. The summed E-state index contributed by atoms with van der Waals surface area (Å²) in [5.74, 6) is -9.34. The van der Waals surface area contributed by atoms with Crippen LogP contribution in [-0.4, -0.2) is 79.0 Å². The number of rotatable bonds is 23. The SMILES string of the molecule is CNCCCCN/C=C(/CCOCCOCCOCCOCCC(=O)Oc1c(F)c(C)c(F)c(F)c1F)N=N. The lowest BCUT2D eigenvalue weighted by atomic mass is 10.2. The van der Waals surface area contributed by atoms with Gasteiger partial charge < -0.3 is 34.3 Å². The van der Waals surface area contributed by atoms with Gasteiger partial charge in [-0.25, -0.2) is 18.7 Å². The Morgan fingerprint density at radius 2 is 1.33 bits per heavy atom. The number of unbranched alkanes of at least 4 members (excludes halogenated alkanes) is 1. The second-order valence-electron chi connectivity index (χ2n) is 8.15. The molecule has 0 saturated heterocycles. The predicted molar refractivity (Wildman–Crippen MR) is 134 cm³/mol. The van der Waals surface area contributed by atoms with Crippen molar-refractivity contribution in [2.24, 2.45) is 5.11 Å². The van der Waals surface area contributed by atoms with Gasteiger partial charge in [-0.1, -0.05) is 0 Å². The molecule has 0 radical (unpaired) electrons. The summed E-state index contributed by atoms with van der Waals surface area (Å²) in [6, 6.07) is 0. The molecule has 1 aromatic rings. The lowest BCUT2D eigenvalue weighted by molar-refractivity contribution is -0.136. The molecular weight excluding hydrogens is 528 g/mol. The summed E-state index contributed by atoms with van der Waals surface area (Å²) in [4.78, 5) is 11.7. The highest BCUT2D eigenvalue weighted by atomic mass is 19.2. The number of nitrogens with zero attached hydrogens (tertiary/aromatic N) is 1. The lowest BCUT2D eigenvalue weighted by Gasteiger charge is -2.10. The Bertz CT molecular complexity index is 879. The molecule has 3 N–H and O–H groups in total. The Kier molecular flexibility index (Phi) is 18.7. The van der Waals surface area contributed by atoms with Crippen molar-refractivity contribution in [3.63, 3.8) is 0 Å². The van der Waals surface area contributed by atoms with Crippen LogP contribution in [0.5, 0.6) is 5.75 Å². The normalized spacial score (nSPS) is 11.6. The molecule has 0 aromatic heterocycles. The van der Waals surface area contributed by atoms with Crippen molar-refractivity contribution in [3.05, 3.63) is 40.7 Å². The van der Waals surface area contributed by atoms with Gasteiger partial charge in [-0.15, -0.1) is 0 Å². The molecule has 0 bridgehead atoms. The van der Waals surface area contributed by atoms with Gasteiger partial charge in [-0.2, -0.15) is 9.50 Å². The van der Waals surface area contributed by atoms with Crippen LogP contribution in [0.4, 0.5) is 17.6 Å². The zero-order valence-electron chi connectivity index (χ0n) is 22.4. The van der Waals surface area contributed by atoms with Gasteiger partial charge in [0, 0.05) is 24.7 Å². The molecule has 0 aliphatic carbocycles. The van der Waals surface area contributed by atoms with E-state index in [0.717, 1.165) is 32.9 Å². The Labute approximate surface area is 225 Å². The van der Waals surface area contributed by atoms with Gasteiger partial charge in [0.2, 0.25) is 11.6 Å². The van der Waals surface area contributed by atoms with Crippen LogP contribution in [0.1, 0.15) is 31.2 Å². The number of halogens is 4. The van der Waals surface area contributed by atoms with Gasteiger partial charge in [-0.05, 0) is 33.4 Å². The minimum atomic E-state index is -1.92. The van der Waals surface area contributed by atoms with Crippen molar-refractivity contribution in [2.45, 2.75) is 32.6 Å². The third kappa shape index (κ3) is 14.3. The predicted octanol–water partition coefficient (Wildman–Crippen LogP) is 3.76. The Hall–Kier alpha value is -2.65. The van der Waals surface area contributed by atoms with Crippen molar-refractivity contribution >= 4 is 5.97 Å². The van der Waals surface area contributed by atoms with E-state index in [4.69, 9.17) is 24.5 Å². The fraction of sp³-hybridized carbons (Fsp3) is 0.640. The fourth-order valence-electron chi connectivity index (χ4n) is 2.95. The van der Waals surface area contributed by atoms with Gasteiger partial charge >= 0.3 is 5.97 Å². The first-order chi connectivity index (χ1) is 18.8. The molecule has 1 rings (SSSR count). The molecule has 14 heteroatoms. The number of benzene rings is 1. The minimum Gasteiger partial charge on any atom is -0.420 e. The molecular formula is C25H38F4N4O6. The van der Waals surface area contributed by atoms with Crippen molar-refractivity contribution in [1.29, 1.82) is 5.53 Å². The average Bonchev–Trinajstić information content (AvgIpc) is 2.93. The van der Waals surface area contributed by atoms with Crippen molar-refractivity contribution in [1.82, 2.24) is 10.6 Å². The number of carbonyl (C=O) groups is 1. The molecule has 39 heavy (non-hydrogen) atoms. The fourth-order valence-corrected chi connectivity index (χ4v) is 2.95. The molecule has 0 fully saturated rings. The van der Waals surface area contributed by atoms with Crippen LogP contribution >= 0.6 is 0 Å². The quantitative estimate of drug-likeness (QED) is 0.0348. The molecule has 0 saturated carbocycles. The molecule has 222 valence electrons. The largest absolute Gasteiger partial charge is 0.420 e. The van der Waals surface area contributed by atoms with Crippen molar-refractivity contribution in [2.75, 3.05) is 73.0 Å². The molecule has 1 aromatic carbocycles. The monoisotopic (exact) mass is 566 g/mol. The maximum Gasteiger partial charge on any atom is 0.313 e. The summed E-state index contributed by atoms with van der Waals surface area (Å²) in [6.45, 7) is 4.76. The van der Waals surface area contributed by atoms with Gasteiger partial charge in [0.1, 0.15) is 0 Å². The Morgan fingerprint density at radius 1 is 0.795 bits per heavy atom. The summed E-state index contributed by atoms with van der Waals surface area (Å²) >= 11 is 0. The summed E-state index contributed by atoms with van der Waals surface area (Å²) in [6.07, 6.45) is 4.00. The first kappa shape index (κ1) is 34.4. The highest BCUT2D eigenvalue weighted by Gasteiger charge is 2.26. The molecule has 0 heterocycles. The number of hydrogen-bond acceptors (Lipinski definition) is 10. The van der Waals surface area contributed by atoms with E-state index in [1.54, 1.807) is 6.20 Å². The van der Waals surface area contributed by atoms with Crippen molar-refractivity contribution < 1.29 is 46.0 Å². The number of carbonyl (C=O) groups excluding carboxylic acids is 1. The van der Waals surface area contributed by atoms with E-state index in [0.29, 0.717) is 45.2 Å². The number of ether oxygens (including phenoxy) is 5. The second kappa shape index (κ2) is 21.2. The highest BCUT2D eigenvalue weighted by molar-refractivity contribution is 5.72. The highest BCUT2D eigenvalue weighted by Crippen LogP contribution is 2.29. The molecule has 0 atom stereocenters. The van der Waals surface area contributed by atoms with Gasteiger partial charge in [0.05, 0.1) is 65.0 Å². The topological polar surface area (TPSA) is 123 Å². The van der Waals surface area contributed by atoms with Crippen LogP contribution in [-0.2, 0) is 23.7 Å². The first-order valence-corrected chi connectivity index (χ1v) is 12.6. The molecule has 0 amide bonds. The van der Waals surface area contributed by atoms with E-state index in [1.165, 1.54) is 0 Å². The van der Waals surface area contributed by atoms with Gasteiger partial charge in [0.15, 0.2) is 17.5 Å². The lowest BCUT2D eigenvalue weighted by Crippen LogP contribution is -2.16. The van der Waals surface area contributed by atoms with Crippen LogP contribution in [0.2, 0.25) is 0 Å². The van der Waals surface area contributed by atoms with E-state index in [2.05, 4.69) is 20.5 Å². The molecule has 0 aliphatic rings. The maximum atomic E-state index is 13.9. The van der Waals surface area contributed by atoms with Crippen LogP contribution in [0.25, 0.3) is 0 Å². The Balaban J connectivity index is 1.99. The summed E-state index contributed by atoms with van der Waals surface area (Å²) in [5.41, 5.74) is 7.02. The zero-order valence-corrected chi connectivity index (χ0v) is 22.4. The average molecular weight is 567 g/mol. The van der Waals surface area contributed by atoms with E-state index >= 15 is 0 Å². The summed E-state index contributed by atoms with van der Waals surface area (Å²) in [5, 5.41) is 9.71. The van der Waals surface area contributed by atoms with E-state index in [1.807, 2.05) is 7.05 Å². The van der Waals surface area contributed by atoms with E-state index < -0.39 is 40.6 Å². The van der Waals surface area contributed by atoms with Crippen LogP contribution in [0, 0.1) is 35.7 Å². The smallest absolute Gasteiger partial charge is 0.313 e. The van der Waals surface area contributed by atoms with Crippen molar-refractivity contribution in [3.8, 4) is 5.75 Å². The number of nitrogens with one attached hydrogen (secondary N) is 3. The van der Waals surface area contributed by atoms with Crippen LogP contribution < -0.4 is 15.4 Å². The summed E-state index contributed by atoms with van der Waals surface area (Å²) < 4.78 is 80.0. The standard InChI is InChI=1S/C25H38F4N4O6/c1-18-21(26)23(28)24(29)25(22(18)27)39-20(34)6-10-36-12-14-38-16-15-37-13-11-35-9-5-19(33-30)17-32-8-4-3-7-31-2/h17,30-32H,3-16H2,1-2H3/b19-17-,33-30?. The molecule has 10 nitrogen and oxygen atoms in total. The third-order valence-electron chi connectivity index (χ3n) is 5.14. The van der Waals surface area contributed by atoms with Gasteiger partial charge in [-0.3, -0.25) is 4.79 Å². The molecule has 0 unspecified atom stereocenters.